The van der Waals surface area contributed by atoms with E-state index in [0.29, 0.717) is 27.1 Å². The number of ether oxygens (including phenoxy) is 1. The molecule has 3 rings (SSSR count). The largest absolute Gasteiger partial charge is 0.465 e. The molecule has 0 fully saturated rings. The molecule has 0 N–H and O–H groups in total. The predicted octanol–water partition coefficient (Wildman–Crippen LogP) is 5.53. The third-order valence-corrected chi connectivity index (χ3v) is 5.61. The molecular formula is C18H12Cl2O3S. The highest BCUT2D eigenvalue weighted by atomic mass is 35.5. The molecule has 0 saturated heterocycles. The van der Waals surface area contributed by atoms with Crippen LogP contribution in [0.4, 0.5) is 0 Å². The number of fused-ring (bicyclic) bond motifs is 1. The molecular weight excluding hydrogens is 367 g/mol. The van der Waals surface area contributed by atoms with Crippen molar-refractivity contribution < 1.29 is 14.3 Å². The van der Waals surface area contributed by atoms with Crippen molar-refractivity contribution in [3.05, 3.63) is 68.0 Å². The molecule has 1 aromatic heterocycles. The van der Waals surface area contributed by atoms with Crippen LogP contribution in [0.2, 0.25) is 10.0 Å². The fraction of sp³-hybridized carbons (Fsp3) is 0.111. The molecule has 1 heterocycles. The molecule has 0 unspecified atom stereocenters. The van der Waals surface area contributed by atoms with Gasteiger partial charge in [0.05, 0.1) is 22.7 Å². The molecule has 0 amide bonds. The normalized spacial score (nSPS) is 10.8. The molecule has 0 saturated carbocycles. The smallest absolute Gasteiger partial charge is 0.337 e. The van der Waals surface area contributed by atoms with Gasteiger partial charge in [-0.3, -0.25) is 4.79 Å². The summed E-state index contributed by atoms with van der Waals surface area (Å²) >= 11 is 13.7. The molecule has 0 spiro atoms. The first kappa shape index (κ1) is 17.0. The Morgan fingerprint density at radius 2 is 1.88 bits per heavy atom. The SMILES string of the molecule is COC(=O)c1ccc2sc(C)c(C(=O)c3cccc(Cl)c3Cl)c2c1. The number of carbonyl (C=O) groups is 2. The molecule has 3 nitrogen and oxygen atoms in total. The maximum Gasteiger partial charge on any atom is 0.337 e. The fourth-order valence-corrected chi connectivity index (χ4v) is 3.99. The highest BCUT2D eigenvalue weighted by molar-refractivity contribution is 7.19. The van der Waals surface area contributed by atoms with E-state index < -0.39 is 5.97 Å². The number of hydrogen-bond acceptors (Lipinski definition) is 4. The van der Waals surface area contributed by atoms with E-state index >= 15 is 0 Å². The van der Waals surface area contributed by atoms with Crippen molar-refractivity contribution >= 4 is 56.4 Å². The Balaban J connectivity index is 2.21. The third-order valence-electron chi connectivity index (χ3n) is 3.71. The molecule has 2 aromatic carbocycles. The minimum atomic E-state index is -0.444. The van der Waals surface area contributed by atoms with Crippen LogP contribution in [0.15, 0.2) is 36.4 Å². The third kappa shape index (κ3) is 2.81. The van der Waals surface area contributed by atoms with E-state index in [4.69, 9.17) is 27.9 Å². The number of esters is 1. The monoisotopic (exact) mass is 378 g/mol. The van der Waals surface area contributed by atoms with Gasteiger partial charge in [-0.05, 0) is 37.3 Å². The first-order chi connectivity index (χ1) is 11.4. The Morgan fingerprint density at radius 3 is 2.58 bits per heavy atom. The van der Waals surface area contributed by atoms with Crippen LogP contribution < -0.4 is 0 Å². The first-order valence-electron chi connectivity index (χ1n) is 7.04. The standard InChI is InChI=1S/C18H12Cl2O3S/c1-9-15(17(21)11-4-3-5-13(19)16(11)20)12-8-10(18(22)23-2)6-7-14(12)24-9/h3-8H,1-2H3. The Bertz CT molecular complexity index is 976. The number of benzene rings is 2. The molecule has 0 aliphatic rings. The average molecular weight is 379 g/mol. The van der Waals surface area contributed by atoms with Gasteiger partial charge in [-0.2, -0.15) is 0 Å². The van der Waals surface area contributed by atoms with Gasteiger partial charge in [0.2, 0.25) is 0 Å². The van der Waals surface area contributed by atoms with E-state index in [2.05, 4.69) is 0 Å². The quantitative estimate of drug-likeness (QED) is 0.444. The summed E-state index contributed by atoms with van der Waals surface area (Å²) in [5.74, 6) is -0.659. The minimum absolute atomic E-state index is 0.215. The number of thiophene rings is 1. The Kier molecular flexibility index (Phi) is 4.63. The van der Waals surface area contributed by atoms with Gasteiger partial charge in [0.25, 0.3) is 0 Å². The molecule has 0 atom stereocenters. The van der Waals surface area contributed by atoms with Gasteiger partial charge in [0.1, 0.15) is 0 Å². The van der Waals surface area contributed by atoms with Crippen molar-refractivity contribution in [1.82, 2.24) is 0 Å². The van der Waals surface area contributed by atoms with Gasteiger partial charge in [0.15, 0.2) is 5.78 Å². The highest BCUT2D eigenvalue weighted by Gasteiger charge is 2.22. The number of hydrogen-bond donors (Lipinski definition) is 0. The number of aryl methyl sites for hydroxylation is 1. The zero-order valence-electron chi connectivity index (χ0n) is 12.9. The lowest BCUT2D eigenvalue weighted by atomic mass is 9.99. The second kappa shape index (κ2) is 6.55. The number of ketones is 1. The van der Waals surface area contributed by atoms with Crippen LogP contribution in [-0.2, 0) is 4.74 Å². The van der Waals surface area contributed by atoms with Crippen molar-refractivity contribution in [2.75, 3.05) is 7.11 Å². The van der Waals surface area contributed by atoms with Crippen molar-refractivity contribution in [1.29, 1.82) is 0 Å². The van der Waals surface area contributed by atoms with E-state index in [1.54, 1.807) is 30.3 Å². The van der Waals surface area contributed by atoms with Crippen molar-refractivity contribution in [3.8, 4) is 0 Å². The molecule has 122 valence electrons. The Hall–Kier alpha value is -1.88. The zero-order valence-corrected chi connectivity index (χ0v) is 15.2. The lowest BCUT2D eigenvalue weighted by Gasteiger charge is -2.06. The summed E-state index contributed by atoms with van der Waals surface area (Å²) in [5, 5.41) is 1.27. The average Bonchev–Trinajstić information content (AvgIpc) is 2.90. The topological polar surface area (TPSA) is 43.4 Å². The van der Waals surface area contributed by atoms with Gasteiger partial charge in [-0.25, -0.2) is 4.79 Å². The molecule has 0 radical (unpaired) electrons. The molecule has 24 heavy (non-hydrogen) atoms. The molecule has 0 aliphatic carbocycles. The molecule has 0 aliphatic heterocycles. The van der Waals surface area contributed by atoms with E-state index in [1.165, 1.54) is 18.4 Å². The maximum atomic E-state index is 13.0. The van der Waals surface area contributed by atoms with Crippen LogP contribution in [0.1, 0.15) is 31.2 Å². The van der Waals surface area contributed by atoms with E-state index in [0.717, 1.165) is 9.58 Å². The second-order valence-corrected chi connectivity index (χ2v) is 7.21. The van der Waals surface area contributed by atoms with Gasteiger partial charge in [0, 0.05) is 26.1 Å². The summed E-state index contributed by atoms with van der Waals surface area (Å²) in [5.41, 5.74) is 1.27. The van der Waals surface area contributed by atoms with E-state index in [-0.39, 0.29) is 10.8 Å². The summed E-state index contributed by atoms with van der Waals surface area (Å²) in [6, 6.07) is 10.1. The molecule has 0 bridgehead atoms. The van der Waals surface area contributed by atoms with E-state index in [9.17, 15) is 9.59 Å². The van der Waals surface area contributed by atoms with Crippen LogP contribution in [0.5, 0.6) is 0 Å². The minimum Gasteiger partial charge on any atom is -0.465 e. The van der Waals surface area contributed by atoms with Gasteiger partial charge in [-0.1, -0.05) is 29.3 Å². The summed E-state index contributed by atoms with van der Waals surface area (Å²) in [7, 11) is 1.32. The molecule has 3 aromatic rings. The van der Waals surface area contributed by atoms with Crippen LogP contribution >= 0.6 is 34.5 Å². The summed E-state index contributed by atoms with van der Waals surface area (Å²) in [4.78, 5) is 25.6. The number of rotatable bonds is 3. The summed E-state index contributed by atoms with van der Waals surface area (Å²) < 4.78 is 5.67. The Labute approximate surface area is 152 Å². The highest BCUT2D eigenvalue weighted by Crippen LogP contribution is 2.35. The summed E-state index contributed by atoms with van der Waals surface area (Å²) in [6.45, 7) is 1.87. The van der Waals surface area contributed by atoms with Crippen LogP contribution in [0.3, 0.4) is 0 Å². The number of methoxy groups -OCH3 is 1. The van der Waals surface area contributed by atoms with Gasteiger partial charge >= 0.3 is 5.97 Å². The van der Waals surface area contributed by atoms with Crippen molar-refractivity contribution in [2.45, 2.75) is 6.92 Å². The zero-order chi connectivity index (χ0) is 17.4. The predicted molar refractivity (Wildman–Crippen MR) is 97.8 cm³/mol. The van der Waals surface area contributed by atoms with Gasteiger partial charge in [-0.15, -0.1) is 11.3 Å². The fourth-order valence-electron chi connectivity index (χ4n) is 2.56. The Morgan fingerprint density at radius 1 is 1.12 bits per heavy atom. The molecule has 6 heteroatoms. The van der Waals surface area contributed by atoms with Crippen molar-refractivity contribution in [2.24, 2.45) is 0 Å². The van der Waals surface area contributed by atoms with Gasteiger partial charge < -0.3 is 4.74 Å². The van der Waals surface area contributed by atoms with E-state index in [1.807, 2.05) is 13.0 Å². The van der Waals surface area contributed by atoms with Crippen molar-refractivity contribution in [3.63, 3.8) is 0 Å². The first-order valence-corrected chi connectivity index (χ1v) is 8.61. The van der Waals surface area contributed by atoms with Crippen LogP contribution in [0, 0.1) is 6.92 Å². The lowest BCUT2D eigenvalue weighted by molar-refractivity contribution is 0.0600. The van der Waals surface area contributed by atoms with Crippen LogP contribution in [-0.4, -0.2) is 18.9 Å². The number of halogens is 2. The lowest BCUT2D eigenvalue weighted by Crippen LogP contribution is -2.04. The summed E-state index contributed by atoms with van der Waals surface area (Å²) in [6.07, 6.45) is 0. The second-order valence-electron chi connectivity index (χ2n) is 5.17. The number of carbonyl (C=O) groups excluding carboxylic acids is 2. The maximum absolute atomic E-state index is 13.0. The van der Waals surface area contributed by atoms with Crippen LogP contribution in [0.25, 0.3) is 10.1 Å².